The maximum atomic E-state index is 11.8. The first-order valence-corrected chi connectivity index (χ1v) is 6.42. The first-order chi connectivity index (χ1) is 6.56. The lowest BCUT2D eigenvalue weighted by Gasteiger charge is -2.36. The van der Waals surface area contributed by atoms with Gasteiger partial charge in [0.15, 0.2) is 0 Å². The monoisotopic (exact) mass is 216 g/mol. The van der Waals surface area contributed by atoms with Gasteiger partial charge in [0.2, 0.25) is 5.91 Å². The summed E-state index contributed by atoms with van der Waals surface area (Å²) in [5, 5.41) is 0.0801. The number of rotatable bonds is 2. The molecule has 0 aliphatic carbocycles. The van der Waals surface area contributed by atoms with Gasteiger partial charge in [-0.25, -0.2) is 0 Å². The lowest BCUT2D eigenvalue weighted by Crippen LogP contribution is -2.50. The second-order valence-electron chi connectivity index (χ2n) is 4.09. The van der Waals surface area contributed by atoms with Gasteiger partial charge in [0.1, 0.15) is 0 Å². The molecule has 0 aromatic rings. The van der Waals surface area contributed by atoms with E-state index in [1.807, 2.05) is 18.1 Å². The molecule has 1 amide bonds. The van der Waals surface area contributed by atoms with Gasteiger partial charge in [0.25, 0.3) is 0 Å². The minimum atomic E-state index is 0.0801. The Morgan fingerprint density at radius 1 is 1.64 bits per heavy atom. The van der Waals surface area contributed by atoms with Crippen LogP contribution in [0.4, 0.5) is 0 Å². The Labute approximate surface area is 90.4 Å². The molecule has 3 unspecified atom stereocenters. The van der Waals surface area contributed by atoms with Crippen LogP contribution in [0.25, 0.3) is 0 Å². The van der Waals surface area contributed by atoms with Gasteiger partial charge in [-0.1, -0.05) is 6.92 Å². The molecule has 0 saturated carbocycles. The second kappa shape index (κ2) is 5.03. The van der Waals surface area contributed by atoms with Crippen LogP contribution in [-0.2, 0) is 4.79 Å². The van der Waals surface area contributed by atoms with Crippen LogP contribution in [0.5, 0.6) is 0 Å². The third-order valence-corrected chi connectivity index (χ3v) is 3.89. The lowest BCUT2D eigenvalue weighted by molar-refractivity contribution is -0.132. The summed E-state index contributed by atoms with van der Waals surface area (Å²) in [7, 11) is 0. The van der Waals surface area contributed by atoms with Crippen molar-refractivity contribution >= 4 is 17.7 Å². The number of likely N-dealkylation sites (tertiary alicyclic amines) is 1. The number of piperidine rings is 1. The molecule has 4 heteroatoms. The van der Waals surface area contributed by atoms with E-state index in [9.17, 15) is 4.79 Å². The van der Waals surface area contributed by atoms with Gasteiger partial charge in [0.05, 0.1) is 5.25 Å². The van der Waals surface area contributed by atoms with Crippen molar-refractivity contribution in [1.29, 1.82) is 0 Å². The average Bonchev–Trinajstić information content (AvgIpc) is 2.20. The molecule has 1 saturated heterocycles. The van der Waals surface area contributed by atoms with Crippen molar-refractivity contribution in [3.8, 4) is 0 Å². The predicted molar refractivity (Wildman–Crippen MR) is 61.3 cm³/mol. The molecule has 0 radical (unpaired) electrons. The van der Waals surface area contributed by atoms with Gasteiger partial charge in [-0.05, 0) is 25.5 Å². The van der Waals surface area contributed by atoms with Gasteiger partial charge in [-0.3, -0.25) is 4.79 Å². The summed E-state index contributed by atoms with van der Waals surface area (Å²) in [6.45, 7) is 5.74. The van der Waals surface area contributed by atoms with Crippen molar-refractivity contribution in [2.75, 3.05) is 19.3 Å². The first-order valence-electron chi connectivity index (χ1n) is 5.13. The number of hydrogen-bond donors (Lipinski definition) is 1. The molecule has 3 nitrogen and oxygen atoms in total. The van der Waals surface area contributed by atoms with Crippen LogP contribution in [0.2, 0.25) is 0 Å². The zero-order valence-electron chi connectivity index (χ0n) is 9.19. The SMILES string of the molecule is CSC(C)C(=O)N1CCC(N)C(C)C1. The highest BCUT2D eigenvalue weighted by atomic mass is 32.2. The Balaban J connectivity index is 2.50. The Bertz CT molecular complexity index is 210. The Morgan fingerprint density at radius 2 is 2.29 bits per heavy atom. The highest BCUT2D eigenvalue weighted by molar-refractivity contribution is 7.99. The normalized spacial score (nSPS) is 30.1. The molecule has 0 aromatic heterocycles. The molecule has 1 aliphatic rings. The molecular weight excluding hydrogens is 196 g/mol. The van der Waals surface area contributed by atoms with E-state index in [4.69, 9.17) is 5.73 Å². The summed E-state index contributed by atoms with van der Waals surface area (Å²) in [6, 6.07) is 0.267. The van der Waals surface area contributed by atoms with E-state index in [0.29, 0.717) is 5.92 Å². The number of thioether (sulfide) groups is 1. The van der Waals surface area contributed by atoms with E-state index in [1.165, 1.54) is 0 Å². The number of nitrogens with zero attached hydrogens (tertiary/aromatic N) is 1. The van der Waals surface area contributed by atoms with Crippen molar-refractivity contribution in [2.45, 2.75) is 31.6 Å². The van der Waals surface area contributed by atoms with Gasteiger partial charge in [-0.15, -0.1) is 0 Å². The fraction of sp³-hybridized carbons (Fsp3) is 0.900. The topological polar surface area (TPSA) is 46.3 Å². The fourth-order valence-electron chi connectivity index (χ4n) is 1.72. The summed E-state index contributed by atoms with van der Waals surface area (Å²) < 4.78 is 0. The number of carbonyl (C=O) groups is 1. The molecular formula is C10H20N2OS. The smallest absolute Gasteiger partial charge is 0.235 e. The van der Waals surface area contributed by atoms with Gasteiger partial charge >= 0.3 is 0 Å². The van der Waals surface area contributed by atoms with Crippen molar-refractivity contribution < 1.29 is 4.79 Å². The average molecular weight is 216 g/mol. The Morgan fingerprint density at radius 3 is 2.79 bits per heavy atom. The number of nitrogens with two attached hydrogens (primary N) is 1. The number of carbonyl (C=O) groups excluding carboxylic acids is 1. The van der Waals surface area contributed by atoms with Crippen LogP contribution in [0.3, 0.4) is 0 Å². The van der Waals surface area contributed by atoms with Gasteiger partial charge in [-0.2, -0.15) is 11.8 Å². The van der Waals surface area contributed by atoms with E-state index < -0.39 is 0 Å². The summed E-state index contributed by atoms with van der Waals surface area (Å²) in [5.74, 6) is 0.693. The molecule has 1 rings (SSSR count). The molecule has 0 aromatic carbocycles. The van der Waals surface area contributed by atoms with Crippen LogP contribution in [0.1, 0.15) is 20.3 Å². The van der Waals surface area contributed by atoms with E-state index in [1.54, 1.807) is 11.8 Å². The Hall–Kier alpha value is -0.220. The molecule has 82 valence electrons. The fourth-order valence-corrected chi connectivity index (χ4v) is 2.07. The van der Waals surface area contributed by atoms with Crippen molar-refractivity contribution in [2.24, 2.45) is 11.7 Å². The zero-order valence-corrected chi connectivity index (χ0v) is 10.0. The van der Waals surface area contributed by atoms with Crippen LogP contribution in [-0.4, -0.2) is 41.4 Å². The molecule has 1 fully saturated rings. The Kier molecular flexibility index (Phi) is 4.26. The van der Waals surface area contributed by atoms with Crippen LogP contribution in [0, 0.1) is 5.92 Å². The molecule has 2 N–H and O–H groups in total. The van der Waals surface area contributed by atoms with E-state index in [0.717, 1.165) is 19.5 Å². The lowest BCUT2D eigenvalue weighted by atomic mass is 9.95. The molecule has 0 spiro atoms. The molecule has 1 heterocycles. The number of amides is 1. The zero-order chi connectivity index (χ0) is 10.7. The quantitative estimate of drug-likeness (QED) is 0.747. The highest BCUT2D eigenvalue weighted by Crippen LogP contribution is 2.18. The number of hydrogen-bond acceptors (Lipinski definition) is 3. The molecule has 14 heavy (non-hydrogen) atoms. The predicted octanol–water partition coefficient (Wildman–Crippen LogP) is 0.934. The van der Waals surface area contributed by atoms with Crippen molar-refractivity contribution in [3.63, 3.8) is 0 Å². The minimum Gasteiger partial charge on any atom is -0.341 e. The van der Waals surface area contributed by atoms with E-state index in [2.05, 4.69) is 6.92 Å². The standard InChI is InChI=1S/C10H20N2OS/c1-7-6-12(5-4-9(7)11)10(13)8(2)14-3/h7-9H,4-6,11H2,1-3H3. The van der Waals surface area contributed by atoms with Crippen LogP contribution >= 0.6 is 11.8 Å². The van der Waals surface area contributed by atoms with Gasteiger partial charge < -0.3 is 10.6 Å². The highest BCUT2D eigenvalue weighted by Gasteiger charge is 2.28. The first kappa shape index (κ1) is 11.9. The maximum Gasteiger partial charge on any atom is 0.235 e. The summed E-state index contributed by atoms with van der Waals surface area (Å²) >= 11 is 1.61. The van der Waals surface area contributed by atoms with E-state index in [-0.39, 0.29) is 17.2 Å². The molecule has 0 bridgehead atoms. The van der Waals surface area contributed by atoms with E-state index >= 15 is 0 Å². The summed E-state index contributed by atoms with van der Waals surface area (Å²) in [5.41, 5.74) is 5.91. The van der Waals surface area contributed by atoms with Crippen LogP contribution < -0.4 is 5.73 Å². The van der Waals surface area contributed by atoms with Gasteiger partial charge in [0, 0.05) is 19.1 Å². The third-order valence-electron chi connectivity index (χ3n) is 2.98. The maximum absolute atomic E-state index is 11.8. The molecule has 3 atom stereocenters. The summed E-state index contributed by atoms with van der Waals surface area (Å²) in [4.78, 5) is 13.8. The second-order valence-corrected chi connectivity index (χ2v) is 5.27. The van der Waals surface area contributed by atoms with Crippen molar-refractivity contribution in [1.82, 2.24) is 4.90 Å². The van der Waals surface area contributed by atoms with Crippen molar-refractivity contribution in [3.05, 3.63) is 0 Å². The minimum absolute atomic E-state index is 0.0801. The van der Waals surface area contributed by atoms with Crippen LogP contribution in [0.15, 0.2) is 0 Å². The molecule has 1 aliphatic heterocycles. The third kappa shape index (κ3) is 2.64. The summed E-state index contributed by atoms with van der Waals surface area (Å²) in [6.07, 6.45) is 2.91. The largest absolute Gasteiger partial charge is 0.341 e.